The molecule has 1 saturated heterocycles. The highest BCUT2D eigenvalue weighted by atomic mass is 16.5. The minimum absolute atomic E-state index is 0.0160. The van der Waals surface area contributed by atoms with Crippen molar-refractivity contribution in [2.45, 2.75) is 45.8 Å². The Kier molecular flexibility index (Phi) is 5.01. The van der Waals surface area contributed by atoms with Gasteiger partial charge in [-0.3, -0.25) is 10.1 Å². The van der Waals surface area contributed by atoms with Gasteiger partial charge in [-0.1, -0.05) is 26.0 Å². The van der Waals surface area contributed by atoms with Gasteiger partial charge in [0.1, 0.15) is 11.9 Å². The Morgan fingerprint density at radius 3 is 2.50 bits per heavy atom. The summed E-state index contributed by atoms with van der Waals surface area (Å²) in [6.45, 7) is 7.62. The number of hydrogen-bond donors (Lipinski definition) is 1. The smallest absolute Gasteiger partial charge is 0.241 e. The predicted molar refractivity (Wildman–Crippen MR) is 79.6 cm³/mol. The van der Waals surface area contributed by atoms with Gasteiger partial charge in [0.15, 0.2) is 0 Å². The molecular weight excluding hydrogens is 252 g/mol. The van der Waals surface area contributed by atoms with Gasteiger partial charge in [-0.2, -0.15) is 0 Å². The Morgan fingerprint density at radius 2 is 1.90 bits per heavy atom. The van der Waals surface area contributed by atoms with Crippen LogP contribution in [0.1, 0.15) is 45.3 Å². The normalized spacial score (nSPS) is 22.4. The molecule has 0 saturated carbocycles. The molecule has 2 rings (SSSR count). The van der Waals surface area contributed by atoms with E-state index < -0.39 is 0 Å². The average molecular weight is 276 g/mol. The number of ether oxygens (including phenoxy) is 1. The largest absolute Gasteiger partial charge is 0.494 e. The van der Waals surface area contributed by atoms with Crippen molar-refractivity contribution in [3.63, 3.8) is 0 Å². The number of nitrogens with one attached hydrogen (secondary N) is 1. The van der Waals surface area contributed by atoms with Crippen LogP contribution in [0.15, 0.2) is 24.3 Å². The fourth-order valence-electron chi connectivity index (χ4n) is 2.50. The quantitative estimate of drug-likeness (QED) is 0.868. The van der Waals surface area contributed by atoms with Crippen molar-refractivity contribution in [1.82, 2.24) is 10.2 Å². The predicted octanol–water partition coefficient (Wildman–Crippen LogP) is 2.70. The highest BCUT2D eigenvalue weighted by Crippen LogP contribution is 2.26. The van der Waals surface area contributed by atoms with Crippen LogP contribution < -0.4 is 10.1 Å². The van der Waals surface area contributed by atoms with Crippen LogP contribution in [0.25, 0.3) is 0 Å². The Labute approximate surface area is 121 Å². The third-order valence-electron chi connectivity index (χ3n) is 3.51. The molecule has 2 atom stereocenters. The van der Waals surface area contributed by atoms with Crippen LogP contribution >= 0.6 is 0 Å². The van der Waals surface area contributed by atoms with E-state index in [4.69, 9.17) is 4.74 Å². The summed E-state index contributed by atoms with van der Waals surface area (Å²) in [6, 6.07) is 7.92. The van der Waals surface area contributed by atoms with Gasteiger partial charge in [0.25, 0.3) is 0 Å². The zero-order valence-corrected chi connectivity index (χ0v) is 12.6. The summed E-state index contributed by atoms with van der Waals surface area (Å²) in [4.78, 5) is 14.0. The third kappa shape index (κ3) is 3.12. The molecule has 1 heterocycles. The van der Waals surface area contributed by atoms with Crippen LogP contribution in [0.2, 0.25) is 0 Å². The lowest BCUT2D eigenvalue weighted by Crippen LogP contribution is -2.31. The molecule has 1 fully saturated rings. The Hall–Kier alpha value is -1.55. The minimum Gasteiger partial charge on any atom is -0.494 e. The molecule has 110 valence electrons. The third-order valence-corrected chi connectivity index (χ3v) is 3.51. The highest BCUT2D eigenvalue weighted by Gasteiger charge is 2.36. The Bertz CT molecular complexity index is 444. The van der Waals surface area contributed by atoms with Crippen molar-refractivity contribution in [1.29, 1.82) is 0 Å². The minimum atomic E-state index is -0.109. The van der Waals surface area contributed by atoms with Gasteiger partial charge < -0.3 is 9.64 Å². The van der Waals surface area contributed by atoms with E-state index in [0.717, 1.165) is 37.3 Å². The summed E-state index contributed by atoms with van der Waals surface area (Å²) < 4.78 is 5.59. The van der Waals surface area contributed by atoms with Gasteiger partial charge in [0.2, 0.25) is 5.91 Å². The maximum Gasteiger partial charge on any atom is 0.241 e. The molecule has 1 aromatic carbocycles. The zero-order chi connectivity index (χ0) is 14.5. The van der Waals surface area contributed by atoms with Crippen LogP contribution in [0.3, 0.4) is 0 Å². The lowest BCUT2D eigenvalue weighted by atomic mass is 10.1. The summed E-state index contributed by atoms with van der Waals surface area (Å²) in [5.74, 6) is 1.07. The summed E-state index contributed by atoms with van der Waals surface area (Å²) in [5, 5.41) is 3.35. The molecule has 0 aromatic heterocycles. The first-order chi connectivity index (χ1) is 9.67. The molecule has 4 nitrogen and oxygen atoms in total. The lowest BCUT2D eigenvalue weighted by Gasteiger charge is -2.24. The van der Waals surface area contributed by atoms with E-state index in [1.807, 2.05) is 36.1 Å². The topological polar surface area (TPSA) is 41.6 Å². The standard InChI is InChI=1S/C16H24N2O2/c1-4-10-18-15(17-12(3)16(18)19)13-6-8-14(9-7-13)20-11-5-2/h6-9,12,15,17H,4-5,10-11H2,1-3H3. The number of benzene rings is 1. The van der Waals surface area contributed by atoms with Gasteiger partial charge in [-0.25, -0.2) is 0 Å². The number of hydrogen-bond acceptors (Lipinski definition) is 3. The Balaban J connectivity index is 2.11. The molecule has 1 N–H and O–H groups in total. The van der Waals surface area contributed by atoms with Gasteiger partial charge in [-0.15, -0.1) is 0 Å². The summed E-state index contributed by atoms with van der Waals surface area (Å²) >= 11 is 0. The van der Waals surface area contributed by atoms with E-state index in [-0.39, 0.29) is 18.1 Å². The maximum absolute atomic E-state index is 12.1. The van der Waals surface area contributed by atoms with E-state index in [1.54, 1.807) is 0 Å². The van der Waals surface area contributed by atoms with Crippen molar-refractivity contribution in [2.75, 3.05) is 13.2 Å². The molecule has 1 aliphatic heterocycles. The van der Waals surface area contributed by atoms with Crippen molar-refractivity contribution in [2.24, 2.45) is 0 Å². The second-order valence-corrected chi connectivity index (χ2v) is 5.24. The fourth-order valence-corrected chi connectivity index (χ4v) is 2.50. The lowest BCUT2D eigenvalue weighted by molar-refractivity contribution is -0.129. The fraction of sp³-hybridized carbons (Fsp3) is 0.562. The highest BCUT2D eigenvalue weighted by molar-refractivity contribution is 5.84. The Morgan fingerprint density at radius 1 is 1.20 bits per heavy atom. The molecule has 1 aromatic rings. The second kappa shape index (κ2) is 6.75. The number of amides is 1. The molecule has 0 aliphatic carbocycles. The van der Waals surface area contributed by atoms with E-state index >= 15 is 0 Å². The van der Waals surface area contributed by atoms with Crippen molar-refractivity contribution >= 4 is 5.91 Å². The molecule has 1 aliphatic rings. The van der Waals surface area contributed by atoms with Gasteiger partial charge in [-0.05, 0) is 37.5 Å². The van der Waals surface area contributed by atoms with Crippen molar-refractivity contribution < 1.29 is 9.53 Å². The molecular formula is C16H24N2O2. The first-order valence-corrected chi connectivity index (χ1v) is 7.46. The van der Waals surface area contributed by atoms with Gasteiger partial charge in [0.05, 0.1) is 12.6 Å². The maximum atomic E-state index is 12.1. The molecule has 0 bridgehead atoms. The molecule has 0 radical (unpaired) electrons. The van der Waals surface area contributed by atoms with Gasteiger partial charge >= 0.3 is 0 Å². The molecule has 20 heavy (non-hydrogen) atoms. The van der Waals surface area contributed by atoms with Crippen LogP contribution in [-0.4, -0.2) is 30.0 Å². The number of nitrogens with zero attached hydrogens (tertiary/aromatic N) is 1. The van der Waals surface area contributed by atoms with E-state index in [1.165, 1.54) is 0 Å². The molecule has 0 spiro atoms. The van der Waals surface area contributed by atoms with Crippen LogP contribution in [0.5, 0.6) is 5.75 Å². The zero-order valence-electron chi connectivity index (χ0n) is 12.6. The monoisotopic (exact) mass is 276 g/mol. The summed E-state index contributed by atoms with van der Waals surface area (Å²) in [5.41, 5.74) is 1.11. The number of carbonyl (C=O) groups excluding carboxylic acids is 1. The molecule has 1 amide bonds. The van der Waals surface area contributed by atoms with E-state index in [0.29, 0.717) is 0 Å². The number of rotatable bonds is 6. The first-order valence-electron chi connectivity index (χ1n) is 7.46. The van der Waals surface area contributed by atoms with Crippen molar-refractivity contribution in [3.8, 4) is 5.75 Å². The van der Waals surface area contributed by atoms with Crippen molar-refractivity contribution in [3.05, 3.63) is 29.8 Å². The second-order valence-electron chi connectivity index (χ2n) is 5.24. The van der Waals surface area contributed by atoms with E-state index in [9.17, 15) is 4.79 Å². The number of carbonyl (C=O) groups is 1. The molecule has 4 heteroatoms. The summed E-state index contributed by atoms with van der Waals surface area (Å²) in [6.07, 6.45) is 1.95. The molecule has 2 unspecified atom stereocenters. The average Bonchev–Trinajstić information content (AvgIpc) is 2.74. The SMILES string of the molecule is CCCOc1ccc(C2NC(C)C(=O)N2CCC)cc1. The van der Waals surface area contributed by atoms with Crippen LogP contribution in [0, 0.1) is 0 Å². The first kappa shape index (κ1) is 14.9. The van der Waals surface area contributed by atoms with Crippen LogP contribution in [-0.2, 0) is 4.79 Å². The van der Waals surface area contributed by atoms with Gasteiger partial charge in [0, 0.05) is 6.54 Å². The van der Waals surface area contributed by atoms with Crippen LogP contribution in [0.4, 0.5) is 0 Å². The van der Waals surface area contributed by atoms with E-state index in [2.05, 4.69) is 19.2 Å². The summed E-state index contributed by atoms with van der Waals surface area (Å²) in [7, 11) is 0.